The lowest BCUT2D eigenvalue weighted by atomic mass is 9.87. The minimum absolute atomic E-state index is 0.0413. The fraction of sp³-hybridized carbons (Fsp3) is 0.654. The molecule has 7 heteroatoms. The molecule has 1 unspecified atom stereocenters. The van der Waals surface area contributed by atoms with Gasteiger partial charge in [0.2, 0.25) is 0 Å². The molecule has 3 rings (SSSR count). The van der Waals surface area contributed by atoms with Crippen molar-refractivity contribution in [2.24, 2.45) is 23.7 Å². The largest absolute Gasteiger partial charge is 0.490 e. The number of para-hydroxylation sites is 1. The zero-order valence-corrected chi connectivity index (χ0v) is 19.8. The van der Waals surface area contributed by atoms with Gasteiger partial charge >= 0.3 is 5.97 Å². The molecule has 1 aliphatic carbocycles. The summed E-state index contributed by atoms with van der Waals surface area (Å²) in [5.74, 6) is -0.0875. The van der Waals surface area contributed by atoms with Crippen molar-refractivity contribution in [3.63, 3.8) is 0 Å². The van der Waals surface area contributed by atoms with E-state index >= 15 is 0 Å². The van der Waals surface area contributed by atoms with Gasteiger partial charge in [0.25, 0.3) is 0 Å². The molecule has 1 aromatic carbocycles. The number of carboxylic acids is 1. The van der Waals surface area contributed by atoms with Crippen LogP contribution in [0.1, 0.15) is 38.7 Å². The number of fused-ring (bicyclic) bond motifs is 1. The van der Waals surface area contributed by atoms with E-state index < -0.39 is 24.3 Å². The molecule has 1 aromatic rings. The Labute approximate surface area is 196 Å². The lowest BCUT2D eigenvalue weighted by Gasteiger charge is -2.22. The number of benzene rings is 1. The van der Waals surface area contributed by atoms with E-state index in [2.05, 4.69) is 0 Å². The molecule has 0 spiro atoms. The van der Waals surface area contributed by atoms with Crippen LogP contribution in [0, 0.1) is 30.6 Å². The van der Waals surface area contributed by atoms with Gasteiger partial charge in [-0.2, -0.15) is 0 Å². The normalized spacial score (nSPS) is 29.6. The Bertz CT molecular complexity index is 793. The number of hydrogen-bond donors (Lipinski definition) is 3. The van der Waals surface area contributed by atoms with E-state index in [0.717, 1.165) is 24.2 Å². The molecule has 184 valence electrons. The fourth-order valence-electron chi connectivity index (χ4n) is 4.84. The van der Waals surface area contributed by atoms with Gasteiger partial charge in [0, 0.05) is 18.3 Å². The smallest absolute Gasteiger partial charge is 0.333 e. The van der Waals surface area contributed by atoms with E-state index in [0.29, 0.717) is 19.6 Å². The van der Waals surface area contributed by atoms with Crippen molar-refractivity contribution in [2.45, 2.75) is 64.4 Å². The number of carboxylic acid groups (broad SMARTS) is 1. The van der Waals surface area contributed by atoms with Crippen molar-refractivity contribution in [3.8, 4) is 5.75 Å². The number of hydrogen-bond acceptors (Lipinski definition) is 6. The second kappa shape index (κ2) is 12.0. The van der Waals surface area contributed by atoms with Crippen LogP contribution >= 0.6 is 0 Å². The van der Waals surface area contributed by atoms with Gasteiger partial charge < -0.3 is 29.5 Å². The molecule has 0 bridgehead atoms. The Balaban J connectivity index is 1.51. The van der Waals surface area contributed by atoms with Crippen LogP contribution < -0.4 is 4.74 Å². The summed E-state index contributed by atoms with van der Waals surface area (Å²) in [5, 5.41) is 30.3. The van der Waals surface area contributed by atoms with Gasteiger partial charge in [0.05, 0.1) is 25.4 Å². The van der Waals surface area contributed by atoms with Crippen LogP contribution in [0.5, 0.6) is 5.75 Å². The first-order valence-electron chi connectivity index (χ1n) is 11.9. The molecule has 1 heterocycles. The van der Waals surface area contributed by atoms with Crippen molar-refractivity contribution < 1.29 is 34.3 Å². The summed E-state index contributed by atoms with van der Waals surface area (Å²) in [4.78, 5) is 11.4. The molecule has 0 aromatic heterocycles. The predicted octanol–water partition coefficient (Wildman–Crippen LogP) is 3.21. The zero-order chi connectivity index (χ0) is 24.0. The molecule has 2 fully saturated rings. The van der Waals surface area contributed by atoms with Gasteiger partial charge in [-0.3, -0.25) is 0 Å². The van der Waals surface area contributed by atoms with Crippen LogP contribution in [0.15, 0.2) is 36.4 Å². The van der Waals surface area contributed by atoms with Crippen molar-refractivity contribution in [2.75, 3.05) is 19.8 Å². The maximum atomic E-state index is 11.4. The first kappa shape index (κ1) is 25.7. The molecule has 7 atom stereocenters. The number of aliphatic carboxylic acids is 1. The Morgan fingerprint density at radius 1 is 1.27 bits per heavy atom. The summed E-state index contributed by atoms with van der Waals surface area (Å²) in [6, 6.07) is 7.67. The first-order chi connectivity index (χ1) is 15.8. The van der Waals surface area contributed by atoms with Crippen LogP contribution in [0.4, 0.5) is 0 Å². The van der Waals surface area contributed by atoms with Crippen LogP contribution in [0.25, 0.3) is 0 Å². The Hall–Kier alpha value is -1.93. The SMILES string of the molecule is Cc1ccccc1OC[C@H](O)/C=C/[C@@H]1[C@H]2CC[C@@H](COC(C(=O)O)C(C)C)CO[C@H]2C[C@H]1O. The molecule has 0 amide bonds. The van der Waals surface area contributed by atoms with Crippen molar-refractivity contribution >= 4 is 5.97 Å². The zero-order valence-electron chi connectivity index (χ0n) is 19.8. The quantitative estimate of drug-likeness (QED) is 0.459. The lowest BCUT2D eigenvalue weighted by molar-refractivity contribution is -0.155. The Kier molecular flexibility index (Phi) is 9.32. The predicted molar refractivity (Wildman–Crippen MR) is 124 cm³/mol. The fourth-order valence-corrected chi connectivity index (χ4v) is 4.84. The third kappa shape index (κ3) is 7.03. The molecule has 1 aliphatic heterocycles. The van der Waals surface area contributed by atoms with E-state index in [-0.39, 0.29) is 36.4 Å². The van der Waals surface area contributed by atoms with Crippen LogP contribution in [0.3, 0.4) is 0 Å². The van der Waals surface area contributed by atoms with Gasteiger partial charge in [-0.25, -0.2) is 4.79 Å². The third-order valence-electron chi connectivity index (χ3n) is 6.76. The number of ether oxygens (including phenoxy) is 3. The van der Waals surface area contributed by atoms with Crippen molar-refractivity contribution in [1.29, 1.82) is 0 Å². The lowest BCUT2D eigenvalue weighted by Crippen LogP contribution is -2.32. The Morgan fingerprint density at radius 2 is 2.03 bits per heavy atom. The van der Waals surface area contributed by atoms with Gasteiger partial charge in [0.1, 0.15) is 18.5 Å². The Morgan fingerprint density at radius 3 is 2.73 bits per heavy atom. The van der Waals surface area contributed by atoms with E-state index in [9.17, 15) is 20.1 Å². The number of aliphatic hydroxyl groups is 2. The van der Waals surface area contributed by atoms with Crippen LogP contribution in [-0.4, -0.2) is 65.5 Å². The minimum atomic E-state index is -0.935. The van der Waals surface area contributed by atoms with E-state index in [4.69, 9.17) is 14.2 Å². The highest BCUT2D eigenvalue weighted by molar-refractivity contribution is 5.72. The second-order valence-electron chi connectivity index (χ2n) is 9.72. The van der Waals surface area contributed by atoms with Gasteiger partial charge in [-0.05, 0) is 43.2 Å². The summed E-state index contributed by atoms with van der Waals surface area (Å²) >= 11 is 0. The van der Waals surface area contributed by atoms with Crippen LogP contribution in [0.2, 0.25) is 0 Å². The average Bonchev–Trinajstić information content (AvgIpc) is 2.92. The highest BCUT2D eigenvalue weighted by Crippen LogP contribution is 2.41. The first-order valence-corrected chi connectivity index (χ1v) is 11.9. The molecule has 2 aliphatic rings. The molecule has 1 saturated carbocycles. The highest BCUT2D eigenvalue weighted by atomic mass is 16.5. The topological polar surface area (TPSA) is 105 Å². The molecular formula is C26H38O7. The van der Waals surface area contributed by atoms with Gasteiger partial charge in [-0.1, -0.05) is 44.2 Å². The van der Waals surface area contributed by atoms with Crippen molar-refractivity contribution in [1.82, 2.24) is 0 Å². The van der Waals surface area contributed by atoms with E-state index in [1.807, 2.05) is 51.1 Å². The van der Waals surface area contributed by atoms with E-state index in [1.54, 1.807) is 6.08 Å². The summed E-state index contributed by atoms with van der Waals surface area (Å²) in [5.41, 5.74) is 1.01. The third-order valence-corrected chi connectivity index (χ3v) is 6.76. The number of rotatable bonds is 10. The summed E-state index contributed by atoms with van der Waals surface area (Å²) < 4.78 is 17.5. The van der Waals surface area contributed by atoms with Gasteiger partial charge in [-0.15, -0.1) is 0 Å². The van der Waals surface area contributed by atoms with Crippen molar-refractivity contribution in [3.05, 3.63) is 42.0 Å². The number of carbonyl (C=O) groups is 1. The summed E-state index contributed by atoms with van der Waals surface area (Å²) in [6.07, 6.45) is 3.75. The highest BCUT2D eigenvalue weighted by Gasteiger charge is 2.43. The molecule has 7 nitrogen and oxygen atoms in total. The average molecular weight is 463 g/mol. The van der Waals surface area contributed by atoms with E-state index in [1.165, 1.54) is 0 Å². The molecule has 0 radical (unpaired) electrons. The number of aliphatic hydroxyl groups excluding tert-OH is 2. The standard InChI is InChI=1S/C26H38O7/c1-16(2)25(26(29)30)33-14-18-8-10-21-20(22(28)12-24(21)31-13-18)11-9-19(27)15-32-23-7-5-4-6-17(23)3/h4-7,9,11,16,18-22,24-25,27-28H,8,10,12-15H2,1-3H3,(H,29,30)/b11-9+/t18-,19-,20-,21-,22-,24+,25?/m1/s1. The molecular weight excluding hydrogens is 424 g/mol. The molecule has 33 heavy (non-hydrogen) atoms. The minimum Gasteiger partial charge on any atom is -0.490 e. The van der Waals surface area contributed by atoms with Crippen LogP contribution in [-0.2, 0) is 14.3 Å². The second-order valence-corrected chi connectivity index (χ2v) is 9.72. The molecule has 3 N–H and O–H groups in total. The maximum Gasteiger partial charge on any atom is 0.333 e. The summed E-state index contributed by atoms with van der Waals surface area (Å²) in [7, 11) is 0. The molecule has 1 saturated heterocycles. The number of aryl methyl sites for hydroxylation is 1. The maximum absolute atomic E-state index is 11.4. The monoisotopic (exact) mass is 462 g/mol. The van der Waals surface area contributed by atoms with Gasteiger partial charge in [0.15, 0.2) is 6.10 Å². The summed E-state index contributed by atoms with van der Waals surface area (Å²) in [6.45, 7) is 6.64.